The highest BCUT2D eigenvalue weighted by Gasteiger charge is 2.16. The van der Waals surface area contributed by atoms with Crippen molar-refractivity contribution in [2.75, 3.05) is 5.32 Å². The van der Waals surface area contributed by atoms with Crippen molar-refractivity contribution in [2.45, 2.75) is 20.3 Å². The molecule has 2 aromatic carbocycles. The van der Waals surface area contributed by atoms with Crippen molar-refractivity contribution in [3.05, 3.63) is 63.6 Å². The SMILES string of the molecule is Cc1ccc2[nH]c(=O)oc2c1.Cc1ccc2c(c1)NC(=O)C2. The number of hydrogen-bond acceptors (Lipinski definition) is 3. The van der Waals surface area contributed by atoms with Crippen LogP contribution in [0.25, 0.3) is 11.1 Å². The minimum atomic E-state index is -0.398. The second-order valence-electron chi connectivity index (χ2n) is 5.40. The van der Waals surface area contributed by atoms with Gasteiger partial charge >= 0.3 is 5.76 Å². The maximum absolute atomic E-state index is 10.9. The molecule has 0 saturated carbocycles. The van der Waals surface area contributed by atoms with E-state index in [1.54, 1.807) is 0 Å². The fourth-order valence-corrected chi connectivity index (χ4v) is 2.38. The van der Waals surface area contributed by atoms with Gasteiger partial charge in [-0.25, -0.2) is 4.79 Å². The lowest BCUT2D eigenvalue weighted by Gasteiger charge is -1.97. The molecule has 1 aromatic heterocycles. The highest BCUT2D eigenvalue weighted by molar-refractivity contribution is 5.99. The molecule has 0 aliphatic carbocycles. The van der Waals surface area contributed by atoms with E-state index in [4.69, 9.17) is 4.42 Å². The number of carbonyl (C=O) groups excluding carboxylic acids is 1. The van der Waals surface area contributed by atoms with Crippen molar-refractivity contribution in [3.8, 4) is 0 Å². The third kappa shape index (κ3) is 2.93. The van der Waals surface area contributed by atoms with Gasteiger partial charge in [0.15, 0.2) is 5.58 Å². The number of amides is 1. The standard InChI is InChI=1S/C9H9NO.C8H7NO2/c1-6-2-3-7-5-9(11)10-8(7)4-6;1-5-2-3-6-7(4-5)11-8(10)9-6/h2-4H,5H2,1H3,(H,10,11);2-4H,1H3,(H,9,10). The summed E-state index contributed by atoms with van der Waals surface area (Å²) in [7, 11) is 0. The van der Waals surface area contributed by atoms with E-state index in [1.807, 2.05) is 50.2 Å². The van der Waals surface area contributed by atoms with Crippen LogP contribution in [0.2, 0.25) is 0 Å². The Morgan fingerprint density at radius 2 is 1.73 bits per heavy atom. The Balaban J connectivity index is 0.000000131. The largest absolute Gasteiger partial charge is 0.417 e. The summed E-state index contributed by atoms with van der Waals surface area (Å²) in [6, 6.07) is 11.6. The fourth-order valence-electron chi connectivity index (χ4n) is 2.38. The maximum Gasteiger partial charge on any atom is 0.417 e. The summed E-state index contributed by atoms with van der Waals surface area (Å²) in [4.78, 5) is 24.1. The van der Waals surface area contributed by atoms with Crippen molar-refractivity contribution in [1.82, 2.24) is 4.98 Å². The molecule has 0 atom stereocenters. The number of rotatable bonds is 0. The molecule has 0 bridgehead atoms. The number of carbonyl (C=O) groups is 1. The van der Waals surface area contributed by atoms with Crippen LogP contribution in [0, 0.1) is 13.8 Å². The summed E-state index contributed by atoms with van der Waals surface area (Å²) in [6.07, 6.45) is 0.537. The molecule has 1 aliphatic heterocycles. The molecule has 0 radical (unpaired) electrons. The Morgan fingerprint density at radius 3 is 2.55 bits per heavy atom. The summed E-state index contributed by atoms with van der Waals surface area (Å²) in [5, 5.41) is 2.80. The average Bonchev–Trinajstić information content (AvgIpc) is 2.99. The van der Waals surface area contributed by atoms with Crippen LogP contribution < -0.4 is 11.1 Å². The minimum Gasteiger partial charge on any atom is -0.408 e. The Hall–Kier alpha value is -2.82. The fraction of sp³-hybridized carbons (Fsp3) is 0.176. The van der Waals surface area contributed by atoms with Crippen molar-refractivity contribution in [1.29, 1.82) is 0 Å². The molecule has 4 rings (SSSR count). The number of aryl methyl sites for hydroxylation is 2. The topological polar surface area (TPSA) is 75.1 Å². The molecule has 0 fully saturated rings. The molecule has 2 N–H and O–H groups in total. The van der Waals surface area contributed by atoms with Crippen molar-refractivity contribution >= 4 is 22.7 Å². The maximum atomic E-state index is 10.9. The third-order valence-electron chi connectivity index (χ3n) is 3.47. The zero-order valence-electron chi connectivity index (χ0n) is 12.4. The lowest BCUT2D eigenvalue weighted by atomic mass is 10.1. The molecule has 2 heterocycles. The van der Waals surface area contributed by atoms with Gasteiger partial charge in [0.05, 0.1) is 11.9 Å². The third-order valence-corrected chi connectivity index (χ3v) is 3.47. The highest BCUT2D eigenvalue weighted by Crippen LogP contribution is 2.23. The molecule has 112 valence electrons. The molecule has 0 spiro atoms. The first-order chi connectivity index (χ1) is 10.5. The van der Waals surface area contributed by atoms with Gasteiger partial charge in [-0.05, 0) is 48.7 Å². The monoisotopic (exact) mass is 296 g/mol. The first-order valence-electron chi connectivity index (χ1n) is 7.00. The van der Waals surface area contributed by atoms with Gasteiger partial charge in [-0.1, -0.05) is 18.2 Å². The lowest BCUT2D eigenvalue weighted by Crippen LogP contribution is -2.03. The highest BCUT2D eigenvalue weighted by atomic mass is 16.4. The van der Waals surface area contributed by atoms with Gasteiger partial charge in [-0.3, -0.25) is 9.78 Å². The number of anilines is 1. The summed E-state index contributed by atoms with van der Waals surface area (Å²) < 4.78 is 4.84. The van der Waals surface area contributed by atoms with E-state index in [0.29, 0.717) is 12.0 Å². The van der Waals surface area contributed by atoms with Crippen molar-refractivity contribution in [2.24, 2.45) is 0 Å². The molecule has 1 amide bonds. The van der Waals surface area contributed by atoms with E-state index in [9.17, 15) is 9.59 Å². The van der Waals surface area contributed by atoms with E-state index in [1.165, 1.54) is 5.56 Å². The second kappa shape index (κ2) is 5.52. The molecule has 5 nitrogen and oxygen atoms in total. The van der Waals surface area contributed by atoms with Gasteiger partial charge in [-0.2, -0.15) is 0 Å². The van der Waals surface area contributed by atoms with Crippen LogP contribution in [0.5, 0.6) is 0 Å². The first kappa shape index (κ1) is 14.1. The van der Waals surface area contributed by atoms with E-state index in [2.05, 4.69) is 10.3 Å². The second-order valence-corrected chi connectivity index (χ2v) is 5.40. The van der Waals surface area contributed by atoms with Gasteiger partial charge in [-0.15, -0.1) is 0 Å². The van der Waals surface area contributed by atoms with Crippen LogP contribution in [0.3, 0.4) is 0 Å². The minimum absolute atomic E-state index is 0.102. The van der Waals surface area contributed by atoms with Crippen LogP contribution in [-0.2, 0) is 11.2 Å². The number of nitrogens with one attached hydrogen (secondary N) is 2. The van der Waals surface area contributed by atoms with Gasteiger partial charge in [0, 0.05) is 5.69 Å². The van der Waals surface area contributed by atoms with E-state index in [-0.39, 0.29) is 5.91 Å². The number of hydrogen-bond donors (Lipinski definition) is 2. The van der Waals surface area contributed by atoms with Crippen molar-refractivity contribution < 1.29 is 9.21 Å². The smallest absolute Gasteiger partial charge is 0.408 e. The van der Waals surface area contributed by atoms with Gasteiger partial charge in [0.1, 0.15) is 0 Å². The Labute approximate surface area is 127 Å². The lowest BCUT2D eigenvalue weighted by molar-refractivity contribution is -0.115. The average molecular weight is 296 g/mol. The molecule has 0 unspecified atom stereocenters. The van der Waals surface area contributed by atoms with E-state index < -0.39 is 5.76 Å². The molecule has 0 saturated heterocycles. The van der Waals surface area contributed by atoms with Crippen LogP contribution in [0.15, 0.2) is 45.6 Å². The molecular formula is C17H16N2O3. The van der Waals surface area contributed by atoms with Gasteiger partial charge in [0.2, 0.25) is 5.91 Å². The number of aromatic amines is 1. The summed E-state index contributed by atoms with van der Waals surface area (Å²) in [5.74, 6) is -0.295. The quantitative estimate of drug-likeness (QED) is 0.669. The van der Waals surface area contributed by atoms with Crippen molar-refractivity contribution in [3.63, 3.8) is 0 Å². The normalized spacial score (nSPS) is 12.5. The molecular weight excluding hydrogens is 280 g/mol. The Bertz CT molecular complexity index is 906. The molecule has 22 heavy (non-hydrogen) atoms. The first-order valence-corrected chi connectivity index (χ1v) is 7.00. The van der Waals surface area contributed by atoms with Crippen LogP contribution in [-0.4, -0.2) is 10.9 Å². The number of aromatic nitrogens is 1. The predicted octanol–water partition coefficient (Wildman–Crippen LogP) is 2.92. The number of benzene rings is 2. The number of fused-ring (bicyclic) bond motifs is 2. The van der Waals surface area contributed by atoms with E-state index >= 15 is 0 Å². The summed E-state index contributed by atoms with van der Waals surface area (Å²) in [5.41, 5.74) is 5.73. The Kier molecular flexibility index (Phi) is 3.55. The summed E-state index contributed by atoms with van der Waals surface area (Å²) >= 11 is 0. The Morgan fingerprint density at radius 1 is 1.00 bits per heavy atom. The summed E-state index contributed by atoms with van der Waals surface area (Å²) in [6.45, 7) is 3.97. The number of H-pyrrole nitrogens is 1. The predicted molar refractivity (Wildman–Crippen MR) is 85.1 cm³/mol. The molecule has 1 aliphatic rings. The van der Waals surface area contributed by atoms with Gasteiger partial charge < -0.3 is 9.73 Å². The van der Waals surface area contributed by atoms with Gasteiger partial charge in [0.25, 0.3) is 0 Å². The van der Waals surface area contributed by atoms with E-state index in [0.717, 1.165) is 22.3 Å². The zero-order chi connectivity index (χ0) is 15.7. The number of oxazole rings is 1. The molecule has 3 aromatic rings. The van der Waals surface area contributed by atoms with Crippen LogP contribution >= 0.6 is 0 Å². The van der Waals surface area contributed by atoms with Crippen LogP contribution in [0.1, 0.15) is 16.7 Å². The zero-order valence-corrected chi connectivity index (χ0v) is 12.4. The molecule has 5 heteroatoms. The van der Waals surface area contributed by atoms with Crippen LogP contribution in [0.4, 0.5) is 5.69 Å².